The van der Waals surface area contributed by atoms with Gasteiger partial charge in [-0.25, -0.2) is 0 Å². The van der Waals surface area contributed by atoms with Gasteiger partial charge in [0.05, 0.1) is 5.39 Å². The fraction of sp³-hybridized carbons (Fsp3) is 0. The molecule has 3 nitrogen and oxygen atoms in total. The monoisotopic (exact) mass is 255 g/mol. The van der Waals surface area contributed by atoms with Crippen molar-refractivity contribution in [2.75, 3.05) is 0 Å². The maximum atomic E-state index is 11.9. The molecule has 0 aliphatic carbocycles. The van der Waals surface area contributed by atoms with Crippen LogP contribution in [0.3, 0.4) is 0 Å². The van der Waals surface area contributed by atoms with E-state index in [0.717, 1.165) is 4.90 Å². The van der Waals surface area contributed by atoms with Gasteiger partial charge in [0.1, 0.15) is 5.58 Å². The first-order chi connectivity index (χ1) is 8.83. The summed E-state index contributed by atoms with van der Waals surface area (Å²) >= 11 is 1.41. The van der Waals surface area contributed by atoms with Crippen LogP contribution in [0, 0.1) is 0 Å². The van der Waals surface area contributed by atoms with Gasteiger partial charge in [-0.1, -0.05) is 23.9 Å². The van der Waals surface area contributed by atoms with Gasteiger partial charge in [-0.3, -0.25) is 9.78 Å². The minimum absolute atomic E-state index is 0.0200. The normalized spacial score (nSPS) is 10.7. The third kappa shape index (κ3) is 2.15. The minimum Gasteiger partial charge on any atom is -0.449 e. The van der Waals surface area contributed by atoms with E-state index >= 15 is 0 Å². The van der Waals surface area contributed by atoms with E-state index < -0.39 is 0 Å². The van der Waals surface area contributed by atoms with Crippen LogP contribution in [0.15, 0.2) is 74.1 Å². The number of hydrogen-bond donors (Lipinski definition) is 0. The Labute approximate surface area is 107 Å². The van der Waals surface area contributed by atoms with Gasteiger partial charge < -0.3 is 4.42 Å². The Bertz CT molecular complexity index is 737. The van der Waals surface area contributed by atoms with E-state index in [1.54, 1.807) is 24.5 Å². The Morgan fingerprint density at radius 1 is 1.06 bits per heavy atom. The van der Waals surface area contributed by atoms with E-state index in [2.05, 4.69) is 4.98 Å². The highest BCUT2D eigenvalue weighted by Gasteiger charge is 2.05. The molecule has 4 heteroatoms. The summed E-state index contributed by atoms with van der Waals surface area (Å²) in [5, 5.41) is 1.20. The van der Waals surface area contributed by atoms with Crippen LogP contribution in [0.1, 0.15) is 0 Å². The zero-order chi connectivity index (χ0) is 12.4. The SMILES string of the molecule is O=c1cc(Sc2ccncc2)oc2ccccc12. The van der Waals surface area contributed by atoms with Crippen molar-refractivity contribution < 1.29 is 4.42 Å². The molecule has 0 aliphatic rings. The lowest BCUT2D eigenvalue weighted by Crippen LogP contribution is -1.99. The maximum absolute atomic E-state index is 11.9. The van der Waals surface area contributed by atoms with E-state index in [4.69, 9.17) is 4.42 Å². The molecule has 0 bridgehead atoms. The van der Waals surface area contributed by atoms with Crippen LogP contribution in [-0.4, -0.2) is 4.98 Å². The van der Waals surface area contributed by atoms with Crippen LogP contribution < -0.4 is 5.43 Å². The van der Waals surface area contributed by atoms with Gasteiger partial charge in [-0.15, -0.1) is 0 Å². The number of aromatic nitrogens is 1. The summed E-state index contributed by atoms with van der Waals surface area (Å²) in [6, 6.07) is 12.5. The van der Waals surface area contributed by atoms with Gasteiger partial charge in [0.25, 0.3) is 0 Å². The van der Waals surface area contributed by atoms with Crippen molar-refractivity contribution in [2.45, 2.75) is 9.99 Å². The Hall–Kier alpha value is -2.07. The summed E-state index contributed by atoms with van der Waals surface area (Å²) in [5.74, 6) is 0. The molecule has 0 N–H and O–H groups in total. The first kappa shape index (κ1) is 11.0. The topological polar surface area (TPSA) is 43.1 Å². The van der Waals surface area contributed by atoms with E-state index in [9.17, 15) is 4.79 Å². The lowest BCUT2D eigenvalue weighted by molar-refractivity contribution is 0.500. The van der Waals surface area contributed by atoms with Crippen LogP contribution in [0.5, 0.6) is 0 Å². The Balaban J connectivity index is 2.06. The third-order valence-electron chi connectivity index (χ3n) is 2.48. The second-order valence-corrected chi connectivity index (χ2v) is 4.79. The Morgan fingerprint density at radius 2 is 1.83 bits per heavy atom. The fourth-order valence-corrected chi connectivity index (χ4v) is 2.44. The van der Waals surface area contributed by atoms with Crippen molar-refractivity contribution in [3.8, 4) is 0 Å². The third-order valence-corrected chi connectivity index (χ3v) is 3.39. The second-order valence-electron chi connectivity index (χ2n) is 3.71. The molecule has 0 fully saturated rings. The second kappa shape index (κ2) is 4.66. The van der Waals surface area contributed by atoms with E-state index in [0.29, 0.717) is 16.1 Å². The smallest absolute Gasteiger partial charge is 0.193 e. The van der Waals surface area contributed by atoms with Crippen molar-refractivity contribution in [3.05, 3.63) is 65.1 Å². The predicted octanol–water partition coefficient (Wildman–Crippen LogP) is 3.34. The van der Waals surface area contributed by atoms with Crippen LogP contribution in [-0.2, 0) is 0 Å². The van der Waals surface area contributed by atoms with Crippen LogP contribution in [0.4, 0.5) is 0 Å². The molecular formula is C14H9NO2S. The average molecular weight is 255 g/mol. The molecule has 0 saturated heterocycles. The van der Waals surface area contributed by atoms with Gasteiger partial charge in [0.15, 0.2) is 10.5 Å². The Morgan fingerprint density at radius 3 is 2.67 bits per heavy atom. The van der Waals surface area contributed by atoms with Gasteiger partial charge in [0.2, 0.25) is 0 Å². The summed E-state index contributed by atoms with van der Waals surface area (Å²) in [6.45, 7) is 0. The van der Waals surface area contributed by atoms with Crippen molar-refractivity contribution in [1.29, 1.82) is 0 Å². The molecule has 2 aromatic heterocycles. The molecule has 3 rings (SSSR count). The van der Waals surface area contributed by atoms with Gasteiger partial charge >= 0.3 is 0 Å². The summed E-state index contributed by atoms with van der Waals surface area (Å²) < 4.78 is 5.69. The molecule has 88 valence electrons. The number of rotatable bonds is 2. The number of hydrogen-bond acceptors (Lipinski definition) is 4. The lowest BCUT2D eigenvalue weighted by Gasteiger charge is -2.02. The Kier molecular flexibility index (Phi) is 2.86. The summed E-state index contributed by atoms with van der Waals surface area (Å²) in [4.78, 5) is 16.8. The van der Waals surface area contributed by atoms with Crippen molar-refractivity contribution in [3.63, 3.8) is 0 Å². The summed E-state index contributed by atoms with van der Waals surface area (Å²) in [6.07, 6.45) is 3.42. The first-order valence-corrected chi connectivity index (χ1v) is 6.25. The molecule has 18 heavy (non-hydrogen) atoms. The zero-order valence-electron chi connectivity index (χ0n) is 9.37. The molecule has 2 heterocycles. The highest BCUT2D eigenvalue weighted by molar-refractivity contribution is 7.99. The molecule has 0 atom stereocenters. The molecule has 0 spiro atoms. The van der Waals surface area contributed by atoms with E-state index in [1.807, 2.05) is 24.3 Å². The summed E-state index contributed by atoms with van der Waals surface area (Å²) in [5.41, 5.74) is 0.593. The fourth-order valence-electron chi connectivity index (χ4n) is 1.65. The molecule has 1 aromatic carbocycles. The predicted molar refractivity (Wildman–Crippen MR) is 70.8 cm³/mol. The molecule has 0 aliphatic heterocycles. The van der Waals surface area contributed by atoms with Crippen molar-refractivity contribution in [2.24, 2.45) is 0 Å². The summed E-state index contributed by atoms with van der Waals surface area (Å²) in [7, 11) is 0. The molecule has 0 amide bonds. The number of nitrogens with zero attached hydrogens (tertiary/aromatic N) is 1. The van der Waals surface area contributed by atoms with Gasteiger partial charge in [-0.2, -0.15) is 0 Å². The zero-order valence-corrected chi connectivity index (χ0v) is 10.2. The van der Waals surface area contributed by atoms with Crippen LogP contribution in [0.2, 0.25) is 0 Å². The molecular weight excluding hydrogens is 246 g/mol. The highest BCUT2D eigenvalue weighted by atomic mass is 32.2. The minimum atomic E-state index is -0.0200. The quantitative estimate of drug-likeness (QED) is 0.704. The number of para-hydroxylation sites is 1. The highest BCUT2D eigenvalue weighted by Crippen LogP contribution is 2.27. The van der Waals surface area contributed by atoms with Crippen LogP contribution in [0.25, 0.3) is 11.0 Å². The van der Waals surface area contributed by atoms with Gasteiger partial charge in [-0.05, 0) is 24.3 Å². The van der Waals surface area contributed by atoms with Crippen molar-refractivity contribution >= 4 is 22.7 Å². The maximum Gasteiger partial charge on any atom is 0.193 e. The molecule has 3 aromatic rings. The number of benzene rings is 1. The molecule has 0 saturated carbocycles. The largest absolute Gasteiger partial charge is 0.449 e. The number of pyridine rings is 1. The molecule has 0 unspecified atom stereocenters. The number of fused-ring (bicyclic) bond motifs is 1. The van der Waals surface area contributed by atoms with E-state index in [-0.39, 0.29) is 5.43 Å². The van der Waals surface area contributed by atoms with E-state index in [1.165, 1.54) is 17.8 Å². The lowest BCUT2D eigenvalue weighted by atomic mass is 10.2. The standard InChI is InChI=1S/C14H9NO2S/c16-12-9-14(18-10-5-7-15-8-6-10)17-13-4-2-1-3-11(12)13/h1-9H. The van der Waals surface area contributed by atoms with Gasteiger partial charge in [0, 0.05) is 23.4 Å². The average Bonchev–Trinajstić information content (AvgIpc) is 2.40. The molecule has 0 radical (unpaired) electrons. The first-order valence-electron chi connectivity index (χ1n) is 5.44. The van der Waals surface area contributed by atoms with Crippen molar-refractivity contribution in [1.82, 2.24) is 4.98 Å². The van der Waals surface area contributed by atoms with Crippen LogP contribution >= 0.6 is 11.8 Å².